The average Bonchev–Trinajstić information content (AvgIpc) is 3.39. The zero-order valence-electron chi connectivity index (χ0n) is 16.2. The third-order valence-electron chi connectivity index (χ3n) is 5.67. The maximum absolute atomic E-state index is 6.44. The molecule has 0 aliphatic carbocycles. The zero-order chi connectivity index (χ0) is 19.3. The number of nitrogens with zero attached hydrogens (tertiary/aromatic N) is 2. The molecular formula is C23H22N2O2S. The molecule has 0 fully saturated rings. The van der Waals surface area contributed by atoms with E-state index in [1.165, 1.54) is 16.7 Å². The summed E-state index contributed by atoms with van der Waals surface area (Å²) in [6, 6.07) is 14.9. The Balaban J connectivity index is 1.61. The summed E-state index contributed by atoms with van der Waals surface area (Å²) in [4.78, 5) is 0. The van der Waals surface area contributed by atoms with Crippen LogP contribution in [0.3, 0.4) is 0 Å². The molecule has 3 heterocycles. The number of hydrazone groups is 1. The molecule has 2 aliphatic rings. The Morgan fingerprint density at radius 1 is 1.14 bits per heavy atom. The Labute approximate surface area is 169 Å². The molecule has 3 aromatic rings. The number of hydrogen-bond donors (Lipinski definition) is 0. The number of rotatable bonds is 3. The van der Waals surface area contributed by atoms with Crippen LogP contribution >= 0.6 is 11.3 Å². The average molecular weight is 391 g/mol. The van der Waals surface area contributed by atoms with Crippen molar-refractivity contribution in [3.63, 3.8) is 0 Å². The first-order valence-corrected chi connectivity index (χ1v) is 10.4. The molecular weight excluding hydrogens is 368 g/mol. The molecule has 2 aromatic carbocycles. The molecule has 142 valence electrons. The van der Waals surface area contributed by atoms with Crippen molar-refractivity contribution in [3.05, 3.63) is 81.0 Å². The van der Waals surface area contributed by atoms with Gasteiger partial charge in [0, 0.05) is 17.5 Å². The summed E-state index contributed by atoms with van der Waals surface area (Å²) in [6.45, 7) is 4.29. The summed E-state index contributed by atoms with van der Waals surface area (Å²) < 4.78 is 12.0. The number of hydrogen-bond acceptors (Lipinski definition) is 5. The van der Waals surface area contributed by atoms with Crippen LogP contribution in [-0.4, -0.2) is 17.8 Å². The van der Waals surface area contributed by atoms with E-state index in [0.717, 1.165) is 34.8 Å². The van der Waals surface area contributed by atoms with E-state index in [9.17, 15) is 0 Å². The molecule has 0 spiro atoms. The van der Waals surface area contributed by atoms with E-state index in [0.29, 0.717) is 0 Å². The summed E-state index contributed by atoms with van der Waals surface area (Å²) in [5.74, 6) is 1.61. The summed E-state index contributed by atoms with van der Waals surface area (Å²) >= 11 is 1.67. The molecule has 0 saturated heterocycles. The summed E-state index contributed by atoms with van der Waals surface area (Å²) in [5.41, 5.74) is 7.14. The maximum atomic E-state index is 6.44. The second-order valence-electron chi connectivity index (χ2n) is 7.35. The smallest absolute Gasteiger partial charge is 0.214 e. The molecule has 28 heavy (non-hydrogen) atoms. The first-order valence-electron chi connectivity index (χ1n) is 9.45. The molecule has 2 aliphatic heterocycles. The van der Waals surface area contributed by atoms with E-state index in [4.69, 9.17) is 14.6 Å². The topological polar surface area (TPSA) is 34.1 Å². The van der Waals surface area contributed by atoms with Crippen molar-refractivity contribution in [2.45, 2.75) is 32.5 Å². The molecule has 2 atom stereocenters. The molecule has 0 radical (unpaired) electrons. The molecule has 0 amide bonds. The van der Waals surface area contributed by atoms with Crippen LogP contribution in [0.2, 0.25) is 0 Å². The second-order valence-corrected chi connectivity index (χ2v) is 8.13. The fourth-order valence-corrected chi connectivity index (χ4v) is 4.64. The van der Waals surface area contributed by atoms with E-state index < -0.39 is 0 Å². The van der Waals surface area contributed by atoms with Crippen molar-refractivity contribution in [2.24, 2.45) is 5.10 Å². The highest BCUT2D eigenvalue weighted by molar-refractivity contribution is 7.07. The zero-order valence-corrected chi connectivity index (χ0v) is 17.0. The van der Waals surface area contributed by atoms with Gasteiger partial charge in [-0.1, -0.05) is 24.3 Å². The van der Waals surface area contributed by atoms with E-state index in [-0.39, 0.29) is 12.3 Å². The predicted molar refractivity (Wildman–Crippen MR) is 112 cm³/mol. The van der Waals surface area contributed by atoms with Gasteiger partial charge in [0.1, 0.15) is 0 Å². The number of ether oxygens (including phenoxy) is 2. The minimum atomic E-state index is -0.246. The van der Waals surface area contributed by atoms with Crippen molar-refractivity contribution in [1.82, 2.24) is 5.01 Å². The van der Waals surface area contributed by atoms with Crippen LogP contribution in [0.5, 0.6) is 11.5 Å². The van der Waals surface area contributed by atoms with Gasteiger partial charge in [0.05, 0.1) is 18.9 Å². The van der Waals surface area contributed by atoms with Crippen LogP contribution in [0.15, 0.2) is 58.3 Å². The van der Waals surface area contributed by atoms with Crippen molar-refractivity contribution in [2.75, 3.05) is 7.11 Å². The molecule has 0 unspecified atom stereocenters. The monoisotopic (exact) mass is 390 g/mol. The van der Waals surface area contributed by atoms with E-state index in [1.807, 2.05) is 12.1 Å². The number of aryl methyl sites for hydroxylation is 2. The standard InChI is InChI=1S/C23H22N2O2S/c1-14-7-8-16(11-15(14)2)19-12-20-18-5-4-6-21(26-3)22(18)27-23(25(20)24-19)17-9-10-28-13-17/h4-11,13,20,23H,12H2,1-3H3/t20-,23-/m1/s1. The highest BCUT2D eigenvalue weighted by Gasteiger charge is 2.42. The minimum absolute atomic E-state index is 0.139. The summed E-state index contributed by atoms with van der Waals surface area (Å²) in [7, 11) is 1.69. The highest BCUT2D eigenvalue weighted by atomic mass is 32.1. The molecule has 0 bridgehead atoms. The summed E-state index contributed by atoms with van der Waals surface area (Å²) in [5, 5.41) is 11.4. The van der Waals surface area contributed by atoms with Gasteiger partial charge in [-0.05, 0) is 59.5 Å². The molecule has 5 rings (SSSR count). The summed E-state index contributed by atoms with van der Waals surface area (Å²) in [6.07, 6.45) is 0.608. The lowest BCUT2D eigenvalue weighted by Crippen LogP contribution is -2.33. The molecule has 4 nitrogen and oxygen atoms in total. The number of thiophene rings is 1. The van der Waals surface area contributed by atoms with E-state index in [1.54, 1.807) is 18.4 Å². The predicted octanol–water partition coefficient (Wildman–Crippen LogP) is 5.62. The Bertz CT molecular complexity index is 1060. The number of para-hydroxylation sites is 1. The normalized spacial score (nSPS) is 20.2. The van der Waals surface area contributed by atoms with Crippen LogP contribution in [0, 0.1) is 13.8 Å². The largest absolute Gasteiger partial charge is 0.493 e. The van der Waals surface area contributed by atoms with Crippen LogP contribution < -0.4 is 9.47 Å². The van der Waals surface area contributed by atoms with Gasteiger partial charge in [-0.3, -0.25) is 0 Å². The quantitative estimate of drug-likeness (QED) is 0.582. The second kappa shape index (κ2) is 6.67. The first kappa shape index (κ1) is 17.3. The lowest BCUT2D eigenvalue weighted by Gasteiger charge is -2.38. The molecule has 1 aromatic heterocycles. The van der Waals surface area contributed by atoms with Gasteiger partial charge < -0.3 is 9.47 Å². The van der Waals surface area contributed by atoms with Crippen molar-refractivity contribution in [3.8, 4) is 11.5 Å². The number of benzene rings is 2. The van der Waals surface area contributed by atoms with Crippen molar-refractivity contribution < 1.29 is 9.47 Å². The minimum Gasteiger partial charge on any atom is -0.493 e. The molecule has 0 N–H and O–H groups in total. The van der Waals surface area contributed by atoms with Gasteiger partial charge in [0.2, 0.25) is 6.23 Å². The Kier molecular flexibility index (Phi) is 4.13. The first-order chi connectivity index (χ1) is 13.7. The van der Waals surface area contributed by atoms with Crippen LogP contribution in [0.1, 0.15) is 46.5 Å². The van der Waals surface area contributed by atoms with Gasteiger partial charge in [-0.2, -0.15) is 16.4 Å². The van der Waals surface area contributed by atoms with Crippen LogP contribution in [-0.2, 0) is 0 Å². The van der Waals surface area contributed by atoms with E-state index >= 15 is 0 Å². The third kappa shape index (κ3) is 2.69. The third-order valence-corrected chi connectivity index (χ3v) is 6.37. The Morgan fingerprint density at radius 2 is 2.04 bits per heavy atom. The fourth-order valence-electron chi connectivity index (χ4n) is 3.98. The Morgan fingerprint density at radius 3 is 2.79 bits per heavy atom. The Hall–Kier alpha value is -2.79. The van der Waals surface area contributed by atoms with Crippen LogP contribution in [0.4, 0.5) is 0 Å². The lowest BCUT2D eigenvalue weighted by atomic mass is 9.94. The maximum Gasteiger partial charge on any atom is 0.214 e. The highest BCUT2D eigenvalue weighted by Crippen LogP contribution is 2.50. The van der Waals surface area contributed by atoms with Gasteiger partial charge >= 0.3 is 0 Å². The van der Waals surface area contributed by atoms with Crippen LogP contribution in [0.25, 0.3) is 0 Å². The van der Waals surface area contributed by atoms with Gasteiger partial charge in [0.25, 0.3) is 0 Å². The van der Waals surface area contributed by atoms with E-state index in [2.05, 4.69) is 59.9 Å². The van der Waals surface area contributed by atoms with Gasteiger partial charge in [0.15, 0.2) is 11.5 Å². The van der Waals surface area contributed by atoms with Crippen molar-refractivity contribution in [1.29, 1.82) is 0 Å². The fraction of sp³-hybridized carbons (Fsp3) is 0.261. The number of methoxy groups -OCH3 is 1. The number of fused-ring (bicyclic) bond motifs is 3. The van der Waals surface area contributed by atoms with Gasteiger partial charge in [-0.25, -0.2) is 5.01 Å². The van der Waals surface area contributed by atoms with Crippen molar-refractivity contribution >= 4 is 17.0 Å². The lowest BCUT2D eigenvalue weighted by molar-refractivity contribution is -0.0206. The molecule has 5 heteroatoms. The van der Waals surface area contributed by atoms with Gasteiger partial charge in [-0.15, -0.1) is 0 Å². The molecule has 0 saturated carbocycles. The SMILES string of the molecule is COc1cccc2c1O[C@H](c1ccsc1)N1N=C(c3ccc(C)c(C)c3)C[C@H]21.